The van der Waals surface area contributed by atoms with Crippen LogP contribution in [0.1, 0.15) is 85.5 Å². The van der Waals surface area contributed by atoms with Gasteiger partial charge in [0.05, 0.1) is 0 Å². The molecule has 0 saturated carbocycles. The van der Waals surface area contributed by atoms with Crippen molar-refractivity contribution < 1.29 is 9.47 Å². The van der Waals surface area contributed by atoms with E-state index in [-0.39, 0.29) is 6.29 Å². The van der Waals surface area contributed by atoms with E-state index in [4.69, 9.17) is 9.47 Å². The zero-order valence-corrected chi connectivity index (χ0v) is 20.2. The summed E-state index contributed by atoms with van der Waals surface area (Å²) in [6.45, 7) is 10.8. The summed E-state index contributed by atoms with van der Waals surface area (Å²) < 4.78 is 20.0. The molecule has 1 rings (SSSR count). The molecule has 0 aromatic rings. The summed E-state index contributed by atoms with van der Waals surface area (Å²) in [5.41, 5.74) is 0. The number of ether oxygens (including phenoxy) is 2. The Hall–Kier alpha value is 0.279. The van der Waals surface area contributed by atoms with Crippen LogP contribution in [0.3, 0.4) is 0 Å². The second-order valence-electron chi connectivity index (χ2n) is 7.87. The standard InChI is InChI=1S/C10H15O2.3C4H9.Sn/c1-3-4-7-11-10-9(2)6-5-8-12-10;3*1-3-4-2;/h9-10H,4-8H2,2H3;3*1,3-4H2,2H3;/t9-,10+;;;;/m0..../s1. The fraction of sp³-hybridized carbons (Fsp3) is 0.909. The molecule has 146 valence electrons. The Kier molecular flexibility index (Phi) is 13.4. The molecule has 0 amide bonds. The van der Waals surface area contributed by atoms with Gasteiger partial charge < -0.3 is 0 Å². The quantitative estimate of drug-likeness (QED) is 0.188. The van der Waals surface area contributed by atoms with Crippen molar-refractivity contribution in [3.05, 3.63) is 0 Å². The van der Waals surface area contributed by atoms with E-state index in [0.29, 0.717) is 5.92 Å². The Morgan fingerprint density at radius 1 is 1.00 bits per heavy atom. The van der Waals surface area contributed by atoms with Crippen molar-refractivity contribution in [1.82, 2.24) is 0 Å². The van der Waals surface area contributed by atoms with E-state index >= 15 is 0 Å². The van der Waals surface area contributed by atoms with Crippen LogP contribution in [0.4, 0.5) is 0 Å². The molecule has 0 aromatic carbocycles. The summed E-state index contributed by atoms with van der Waals surface area (Å²) >= 11 is -2.26. The van der Waals surface area contributed by atoms with Crippen LogP contribution in [-0.2, 0) is 9.47 Å². The van der Waals surface area contributed by atoms with Gasteiger partial charge in [0.2, 0.25) is 0 Å². The normalized spacial score (nSPS) is 21.0. The van der Waals surface area contributed by atoms with Gasteiger partial charge in [-0.1, -0.05) is 0 Å². The molecule has 25 heavy (non-hydrogen) atoms. The molecule has 0 aromatic heterocycles. The molecule has 2 atom stereocenters. The summed E-state index contributed by atoms with van der Waals surface area (Å²) in [6.07, 6.45) is 11.4. The van der Waals surface area contributed by atoms with Crippen molar-refractivity contribution in [2.45, 2.75) is 105 Å². The predicted octanol–water partition coefficient (Wildman–Crippen LogP) is 6.56. The topological polar surface area (TPSA) is 18.5 Å². The monoisotopic (exact) mass is 458 g/mol. The number of hydrogen-bond acceptors (Lipinski definition) is 2. The molecule has 0 radical (unpaired) electrons. The van der Waals surface area contributed by atoms with Gasteiger partial charge in [-0.05, 0) is 0 Å². The molecule has 1 aliphatic heterocycles. The maximum absolute atomic E-state index is 5.95. The van der Waals surface area contributed by atoms with E-state index in [1.807, 2.05) is 0 Å². The number of hydrogen-bond donors (Lipinski definition) is 0. The SMILES string of the molecule is CCC[CH2][Sn]([C]#CCCO[C@@H]1OCCC[C@@H]1C)([CH2]CCC)[CH2]CCC. The van der Waals surface area contributed by atoms with E-state index in [2.05, 4.69) is 37.6 Å². The van der Waals surface area contributed by atoms with E-state index in [0.717, 1.165) is 19.6 Å². The van der Waals surface area contributed by atoms with Crippen molar-refractivity contribution in [3.63, 3.8) is 0 Å². The van der Waals surface area contributed by atoms with Crippen LogP contribution < -0.4 is 0 Å². The number of rotatable bonds is 12. The Bertz CT molecular complexity index is 363. The second-order valence-corrected chi connectivity index (χ2v) is 20.2. The van der Waals surface area contributed by atoms with Gasteiger partial charge in [-0.2, -0.15) is 0 Å². The van der Waals surface area contributed by atoms with Gasteiger partial charge in [-0.15, -0.1) is 0 Å². The van der Waals surface area contributed by atoms with Crippen molar-refractivity contribution >= 4 is 18.4 Å². The number of unbranched alkanes of at least 4 members (excludes halogenated alkanes) is 3. The molecule has 0 aliphatic carbocycles. The minimum absolute atomic E-state index is 0.00379. The van der Waals surface area contributed by atoms with Crippen molar-refractivity contribution in [3.8, 4) is 9.86 Å². The molecule has 2 nitrogen and oxygen atoms in total. The molecular formula is C22H42O2Sn. The molecule has 3 heteroatoms. The third kappa shape index (κ3) is 9.68. The summed E-state index contributed by atoms with van der Waals surface area (Å²) in [5.74, 6) is 4.10. The molecular weight excluding hydrogens is 415 g/mol. The Morgan fingerprint density at radius 3 is 2.12 bits per heavy atom. The van der Waals surface area contributed by atoms with Crippen LogP contribution in [0.15, 0.2) is 0 Å². The molecule has 0 unspecified atom stereocenters. The van der Waals surface area contributed by atoms with Crippen molar-refractivity contribution in [2.24, 2.45) is 5.92 Å². The zero-order valence-electron chi connectivity index (χ0n) is 17.4. The molecule has 0 bridgehead atoms. The van der Waals surface area contributed by atoms with Crippen LogP contribution in [-0.4, -0.2) is 37.9 Å². The molecule has 0 N–H and O–H groups in total. The van der Waals surface area contributed by atoms with Crippen LogP contribution >= 0.6 is 0 Å². The first-order chi connectivity index (χ1) is 12.2. The van der Waals surface area contributed by atoms with Crippen LogP contribution in [0.25, 0.3) is 0 Å². The zero-order chi connectivity index (χ0) is 18.4. The van der Waals surface area contributed by atoms with Gasteiger partial charge in [0.15, 0.2) is 0 Å². The van der Waals surface area contributed by atoms with E-state index in [9.17, 15) is 0 Å². The molecule has 1 fully saturated rings. The van der Waals surface area contributed by atoms with Gasteiger partial charge in [-0.3, -0.25) is 0 Å². The average molecular weight is 457 g/mol. The molecule has 1 saturated heterocycles. The molecule has 1 heterocycles. The average Bonchev–Trinajstić information content (AvgIpc) is 2.63. The van der Waals surface area contributed by atoms with E-state index in [1.54, 1.807) is 0 Å². The maximum atomic E-state index is 5.95. The third-order valence-electron chi connectivity index (χ3n) is 5.44. The first-order valence-corrected chi connectivity index (χ1v) is 18.4. The van der Waals surface area contributed by atoms with Gasteiger partial charge >= 0.3 is 162 Å². The Morgan fingerprint density at radius 2 is 1.60 bits per heavy atom. The summed E-state index contributed by atoms with van der Waals surface area (Å²) in [5, 5.41) is 0. The first-order valence-electron chi connectivity index (χ1n) is 10.9. The van der Waals surface area contributed by atoms with Gasteiger partial charge in [0.25, 0.3) is 0 Å². The molecule has 1 aliphatic rings. The summed E-state index contributed by atoms with van der Waals surface area (Å²) in [7, 11) is 0. The minimum atomic E-state index is -2.26. The second kappa shape index (κ2) is 14.4. The Labute approximate surface area is 161 Å². The Balaban J connectivity index is 2.54. The van der Waals surface area contributed by atoms with Crippen molar-refractivity contribution in [1.29, 1.82) is 0 Å². The fourth-order valence-corrected chi connectivity index (χ4v) is 17.2. The van der Waals surface area contributed by atoms with Crippen LogP contribution in [0.2, 0.25) is 13.3 Å². The fourth-order valence-electron chi connectivity index (χ4n) is 3.70. The van der Waals surface area contributed by atoms with Crippen molar-refractivity contribution in [2.75, 3.05) is 13.2 Å². The summed E-state index contributed by atoms with van der Waals surface area (Å²) in [4.78, 5) is 0. The first kappa shape index (κ1) is 23.3. The van der Waals surface area contributed by atoms with Gasteiger partial charge in [0, 0.05) is 0 Å². The van der Waals surface area contributed by atoms with Crippen LogP contribution in [0, 0.1) is 15.8 Å². The summed E-state index contributed by atoms with van der Waals surface area (Å²) in [6, 6.07) is 0. The third-order valence-corrected chi connectivity index (χ3v) is 18.7. The van der Waals surface area contributed by atoms with E-state index < -0.39 is 18.4 Å². The van der Waals surface area contributed by atoms with Gasteiger partial charge in [0.1, 0.15) is 0 Å². The van der Waals surface area contributed by atoms with Crippen LogP contribution in [0.5, 0.6) is 0 Å². The van der Waals surface area contributed by atoms with Gasteiger partial charge in [-0.25, -0.2) is 0 Å². The predicted molar refractivity (Wildman–Crippen MR) is 111 cm³/mol. The molecule has 0 spiro atoms. The van der Waals surface area contributed by atoms with E-state index in [1.165, 1.54) is 64.7 Å².